The quantitative estimate of drug-likeness (QED) is 0.309. The first-order chi connectivity index (χ1) is 13.6. The molecule has 1 aliphatic carbocycles. The summed E-state index contributed by atoms with van der Waals surface area (Å²) in [6, 6.07) is 6.29. The minimum Gasteiger partial charge on any atom is -0.494 e. The maximum Gasteiger partial charge on any atom is 0.191 e. The normalized spacial score (nSPS) is 22.7. The number of methoxy groups -OCH3 is 1. The molecule has 2 aliphatic rings. The molecule has 164 valence electrons. The molecule has 3 rings (SSSR count). The van der Waals surface area contributed by atoms with E-state index in [1.807, 2.05) is 6.07 Å². The number of benzene rings is 1. The minimum atomic E-state index is -0.288. The lowest BCUT2D eigenvalue weighted by molar-refractivity contribution is 0.198. The first kappa shape index (κ1) is 24.2. The molecule has 29 heavy (non-hydrogen) atoms. The van der Waals surface area contributed by atoms with Crippen LogP contribution in [0.3, 0.4) is 0 Å². The number of ether oxygens (including phenoxy) is 1. The zero-order valence-corrected chi connectivity index (χ0v) is 20.2. The van der Waals surface area contributed by atoms with Crippen LogP contribution in [0, 0.1) is 11.7 Å². The van der Waals surface area contributed by atoms with Crippen LogP contribution in [0.25, 0.3) is 0 Å². The van der Waals surface area contributed by atoms with Crippen molar-refractivity contribution in [3.05, 3.63) is 29.6 Å². The van der Waals surface area contributed by atoms with Gasteiger partial charge in [0, 0.05) is 38.3 Å². The third kappa shape index (κ3) is 7.27. The molecule has 0 spiro atoms. The van der Waals surface area contributed by atoms with Crippen molar-refractivity contribution < 1.29 is 9.13 Å². The largest absolute Gasteiger partial charge is 0.494 e. The number of aliphatic imine (C=N–C) groups is 1. The maximum atomic E-state index is 13.9. The highest BCUT2D eigenvalue weighted by molar-refractivity contribution is 14.0. The Morgan fingerprint density at radius 1 is 1.24 bits per heavy atom. The molecule has 1 aromatic rings. The van der Waals surface area contributed by atoms with Gasteiger partial charge in [0.1, 0.15) is 0 Å². The van der Waals surface area contributed by atoms with Crippen molar-refractivity contribution in [3.8, 4) is 5.75 Å². The van der Waals surface area contributed by atoms with Crippen molar-refractivity contribution >= 4 is 29.9 Å². The van der Waals surface area contributed by atoms with E-state index in [1.165, 1.54) is 26.4 Å². The van der Waals surface area contributed by atoms with E-state index in [9.17, 15) is 4.39 Å². The summed E-state index contributed by atoms with van der Waals surface area (Å²) in [7, 11) is 1.49. The van der Waals surface area contributed by atoms with Gasteiger partial charge >= 0.3 is 0 Å². The Hall–Kier alpha value is -1.09. The zero-order valence-electron chi connectivity index (χ0n) is 17.9. The number of nitrogens with one attached hydrogen (secondary N) is 2. The first-order valence-corrected chi connectivity index (χ1v) is 10.7. The van der Waals surface area contributed by atoms with Crippen molar-refractivity contribution in [3.63, 3.8) is 0 Å². The van der Waals surface area contributed by atoms with Gasteiger partial charge in [-0.25, -0.2) is 4.39 Å². The fraction of sp³-hybridized carbons (Fsp3) is 0.682. The Balaban J connectivity index is 0.00000300. The maximum absolute atomic E-state index is 13.9. The van der Waals surface area contributed by atoms with E-state index in [-0.39, 0.29) is 29.8 Å². The average molecular weight is 518 g/mol. The van der Waals surface area contributed by atoms with Gasteiger partial charge in [0.15, 0.2) is 17.5 Å². The number of guanidine groups is 1. The molecule has 0 bridgehead atoms. The van der Waals surface area contributed by atoms with E-state index < -0.39 is 0 Å². The molecule has 0 radical (unpaired) electrons. The molecule has 1 heterocycles. The van der Waals surface area contributed by atoms with Gasteiger partial charge in [-0.2, -0.15) is 0 Å². The molecule has 0 aromatic heterocycles. The highest BCUT2D eigenvalue weighted by Crippen LogP contribution is 2.34. The predicted molar refractivity (Wildman–Crippen MR) is 128 cm³/mol. The molecule has 1 saturated heterocycles. The van der Waals surface area contributed by atoms with Crippen molar-refractivity contribution in [1.82, 2.24) is 15.5 Å². The van der Waals surface area contributed by atoms with E-state index in [4.69, 9.17) is 4.74 Å². The standard InChI is InChI=1S/C22H35FN4O.HI/c1-4-6-17-14-20(17)26-22(24-5-2)25-18-9-11-27(12-10-18)15-16-7-8-21(28-3)19(23)13-16;/h7-8,13,17-18,20H,4-6,9-12,14-15H2,1-3H3,(H2,24,25,26);1H. The molecule has 2 N–H and O–H groups in total. The van der Waals surface area contributed by atoms with Crippen LogP contribution in [0.5, 0.6) is 5.75 Å². The van der Waals surface area contributed by atoms with Crippen LogP contribution in [0.15, 0.2) is 23.2 Å². The third-order valence-corrected chi connectivity index (χ3v) is 5.77. The van der Waals surface area contributed by atoms with Crippen LogP contribution in [-0.2, 0) is 6.54 Å². The summed E-state index contributed by atoms with van der Waals surface area (Å²) >= 11 is 0. The van der Waals surface area contributed by atoms with Crippen LogP contribution < -0.4 is 15.4 Å². The van der Waals surface area contributed by atoms with E-state index >= 15 is 0 Å². The minimum absolute atomic E-state index is 0. The Morgan fingerprint density at radius 2 is 2.00 bits per heavy atom. The number of hydrogen-bond donors (Lipinski definition) is 2. The number of rotatable bonds is 8. The second-order valence-corrected chi connectivity index (χ2v) is 8.02. The Labute approximate surface area is 191 Å². The van der Waals surface area contributed by atoms with Gasteiger partial charge in [-0.1, -0.05) is 19.4 Å². The molecule has 1 saturated carbocycles. The van der Waals surface area contributed by atoms with Crippen LogP contribution in [-0.4, -0.2) is 49.7 Å². The van der Waals surface area contributed by atoms with Gasteiger partial charge in [-0.3, -0.25) is 9.89 Å². The lowest BCUT2D eigenvalue weighted by Gasteiger charge is -2.33. The summed E-state index contributed by atoms with van der Waals surface area (Å²) in [5, 5.41) is 7.25. The highest BCUT2D eigenvalue weighted by Gasteiger charge is 2.37. The SMILES string of the molecule is CCCC1CC1NC(=NCC)NC1CCN(Cc2ccc(OC)c(F)c2)CC1.I. The second-order valence-electron chi connectivity index (χ2n) is 8.02. The summed E-state index contributed by atoms with van der Waals surface area (Å²) in [5.41, 5.74) is 0.996. The topological polar surface area (TPSA) is 48.9 Å². The Kier molecular flexibility index (Phi) is 9.95. The summed E-state index contributed by atoms with van der Waals surface area (Å²) in [6.45, 7) is 7.92. The highest BCUT2D eigenvalue weighted by atomic mass is 127. The molecular formula is C22H36FIN4O. The summed E-state index contributed by atoms with van der Waals surface area (Å²) < 4.78 is 18.9. The monoisotopic (exact) mass is 518 g/mol. The zero-order chi connectivity index (χ0) is 19.9. The molecule has 1 aliphatic heterocycles. The van der Waals surface area contributed by atoms with E-state index in [0.29, 0.717) is 17.8 Å². The molecular weight excluding hydrogens is 482 g/mol. The smallest absolute Gasteiger partial charge is 0.191 e. The molecule has 2 atom stereocenters. The number of hydrogen-bond acceptors (Lipinski definition) is 3. The van der Waals surface area contributed by atoms with E-state index in [0.717, 1.165) is 56.5 Å². The number of piperidine rings is 1. The molecule has 2 unspecified atom stereocenters. The van der Waals surface area contributed by atoms with Gasteiger partial charge in [0.2, 0.25) is 0 Å². The summed E-state index contributed by atoms with van der Waals surface area (Å²) in [4.78, 5) is 7.02. The average Bonchev–Trinajstić information content (AvgIpc) is 3.41. The van der Waals surface area contributed by atoms with Crippen molar-refractivity contribution in [2.45, 2.75) is 64.6 Å². The van der Waals surface area contributed by atoms with Crippen LogP contribution in [0.2, 0.25) is 0 Å². The third-order valence-electron chi connectivity index (χ3n) is 5.77. The fourth-order valence-corrected chi connectivity index (χ4v) is 4.08. The van der Waals surface area contributed by atoms with E-state index in [1.54, 1.807) is 12.1 Å². The molecule has 0 amide bonds. The summed E-state index contributed by atoms with van der Waals surface area (Å²) in [5.74, 6) is 1.81. The lowest BCUT2D eigenvalue weighted by Crippen LogP contribution is -2.49. The fourth-order valence-electron chi connectivity index (χ4n) is 4.08. The lowest BCUT2D eigenvalue weighted by atomic mass is 10.0. The van der Waals surface area contributed by atoms with Crippen LogP contribution in [0.1, 0.15) is 51.5 Å². The van der Waals surface area contributed by atoms with Gasteiger partial charge in [0.25, 0.3) is 0 Å². The number of halogens is 2. The van der Waals surface area contributed by atoms with Crippen molar-refractivity contribution in [2.75, 3.05) is 26.7 Å². The molecule has 1 aromatic carbocycles. The Morgan fingerprint density at radius 3 is 2.62 bits per heavy atom. The molecule has 7 heteroatoms. The number of likely N-dealkylation sites (tertiary alicyclic amines) is 1. The second kappa shape index (κ2) is 11.9. The van der Waals surface area contributed by atoms with Gasteiger partial charge in [-0.15, -0.1) is 24.0 Å². The van der Waals surface area contributed by atoms with Gasteiger partial charge < -0.3 is 15.4 Å². The predicted octanol–water partition coefficient (Wildman–Crippen LogP) is 4.16. The molecule has 2 fully saturated rings. The van der Waals surface area contributed by atoms with Gasteiger partial charge in [0.05, 0.1) is 7.11 Å². The van der Waals surface area contributed by atoms with Crippen LogP contribution in [0.4, 0.5) is 4.39 Å². The van der Waals surface area contributed by atoms with Gasteiger partial charge in [-0.05, 0) is 56.2 Å². The number of nitrogens with zero attached hydrogens (tertiary/aromatic N) is 2. The summed E-state index contributed by atoms with van der Waals surface area (Å²) in [6.07, 6.45) is 5.99. The van der Waals surface area contributed by atoms with Crippen molar-refractivity contribution in [2.24, 2.45) is 10.9 Å². The van der Waals surface area contributed by atoms with Crippen molar-refractivity contribution in [1.29, 1.82) is 0 Å². The van der Waals surface area contributed by atoms with Crippen LogP contribution >= 0.6 is 24.0 Å². The Bertz CT molecular complexity index is 664. The van der Waals surface area contributed by atoms with E-state index in [2.05, 4.69) is 34.4 Å². The molecule has 5 nitrogen and oxygen atoms in total. The first-order valence-electron chi connectivity index (χ1n) is 10.7.